The Bertz CT molecular complexity index is 1180. The SMILES string of the molecule is CC[C@@H](c1nnnn1C1CCCC1)N(CCN1CCOCC1)Cc1cc2cc(C)ccc2[nH]c1=O. The van der Waals surface area contributed by atoms with Crippen LogP contribution in [0.3, 0.4) is 0 Å². The summed E-state index contributed by atoms with van der Waals surface area (Å²) in [6, 6.07) is 8.61. The topological polar surface area (TPSA) is 92.2 Å². The molecule has 1 saturated heterocycles. The first-order chi connectivity index (χ1) is 17.1. The minimum absolute atomic E-state index is 0.0250. The van der Waals surface area contributed by atoms with Crippen LogP contribution in [0.25, 0.3) is 10.9 Å². The molecule has 0 unspecified atom stereocenters. The van der Waals surface area contributed by atoms with E-state index in [0.717, 1.165) is 80.9 Å². The number of tetrazole rings is 1. The maximum absolute atomic E-state index is 13.1. The molecule has 35 heavy (non-hydrogen) atoms. The van der Waals surface area contributed by atoms with Gasteiger partial charge in [0.25, 0.3) is 5.56 Å². The second kappa shape index (κ2) is 11.0. The van der Waals surface area contributed by atoms with Crippen LogP contribution in [0, 0.1) is 6.92 Å². The Kier molecular flexibility index (Phi) is 7.55. The van der Waals surface area contributed by atoms with Crippen molar-refractivity contribution in [3.8, 4) is 0 Å². The van der Waals surface area contributed by atoms with Gasteiger partial charge >= 0.3 is 0 Å². The number of hydrogen-bond acceptors (Lipinski definition) is 7. The van der Waals surface area contributed by atoms with Crippen LogP contribution in [-0.2, 0) is 11.3 Å². The molecule has 1 N–H and O–H groups in total. The van der Waals surface area contributed by atoms with Gasteiger partial charge < -0.3 is 9.72 Å². The molecule has 2 aliphatic rings. The predicted molar refractivity (Wildman–Crippen MR) is 135 cm³/mol. The van der Waals surface area contributed by atoms with Gasteiger partial charge in [0.05, 0.1) is 25.3 Å². The molecule has 0 bridgehead atoms. The van der Waals surface area contributed by atoms with Crippen LogP contribution in [0.1, 0.15) is 68.1 Å². The Morgan fingerprint density at radius 3 is 2.77 bits per heavy atom. The van der Waals surface area contributed by atoms with Gasteiger partial charge in [0, 0.05) is 43.8 Å². The van der Waals surface area contributed by atoms with E-state index in [1.54, 1.807) is 0 Å². The number of aromatic nitrogens is 5. The van der Waals surface area contributed by atoms with Gasteiger partial charge in [0.2, 0.25) is 0 Å². The first-order valence-electron chi connectivity index (χ1n) is 13.1. The molecule has 3 aromatic rings. The van der Waals surface area contributed by atoms with Crippen molar-refractivity contribution in [3.63, 3.8) is 0 Å². The number of morpholine rings is 1. The summed E-state index contributed by atoms with van der Waals surface area (Å²) in [4.78, 5) is 21.0. The number of fused-ring (bicyclic) bond motifs is 1. The van der Waals surface area contributed by atoms with Gasteiger partial charge in [-0.2, -0.15) is 0 Å². The van der Waals surface area contributed by atoms with Crippen LogP contribution in [0.15, 0.2) is 29.1 Å². The van der Waals surface area contributed by atoms with Gasteiger partial charge in [0.15, 0.2) is 5.82 Å². The van der Waals surface area contributed by atoms with Crippen molar-refractivity contribution in [3.05, 3.63) is 51.6 Å². The number of pyridine rings is 1. The molecule has 3 heterocycles. The molecule has 188 valence electrons. The maximum atomic E-state index is 13.1. The lowest BCUT2D eigenvalue weighted by atomic mass is 10.1. The Labute approximate surface area is 206 Å². The molecule has 9 heteroatoms. The number of aromatic amines is 1. The Hall–Kier alpha value is -2.62. The highest BCUT2D eigenvalue weighted by molar-refractivity contribution is 5.79. The molecule has 1 aliphatic heterocycles. The molecule has 9 nitrogen and oxygen atoms in total. The molecular weight excluding hydrogens is 442 g/mol. The van der Waals surface area contributed by atoms with Crippen molar-refractivity contribution in [2.45, 2.75) is 64.6 Å². The molecule has 0 amide bonds. The molecular formula is C26H37N7O2. The average molecular weight is 480 g/mol. The Balaban J connectivity index is 1.45. The summed E-state index contributed by atoms with van der Waals surface area (Å²) in [5.74, 6) is 0.925. The van der Waals surface area contributed by atoms with Gasteiger partial charge in [-0.15, -0.1) is 5.10 Å². The highest BCUT2D eigenvalue weighted by Gasteiger charge is 2.30. The molecule has 1 aliphatic carbocycles. The lowest BCUT2D eigenvalue weighted by Gasteiger charge is -2.34. The summed E-state index contributed by atoms with van der Waals surface area (Å²) < 4.78 is 7.60. The van der Waals surface area contributed by atoms with Crippen molar-refractivity contribution in [2.75, 3.05) is 39.4 Å². The summed E-state index contributed by atoms with van der Waals surface area (Å²) in [5, 5.41) is 14.1. The van der Waals surface area contributed by atoms with Gasteiger partial charge in [-0.05, 0) is 60.2 Å². The number of ether oxygens (including phenoxy) is 1. The molecule has 1 saturated carbocycles. The average Bonchev–Trinajstić information content (AvgIpc) is 3.56. The third-order valence-electron chi connectivity index (χ3n) is 7.57. The van der Waals surface area contributed by atoms with E-state index in [4.69, 9.17) is 4.74 Å². The Morgan fingerprint density at radius 1 is 1.20 bits per heavy atom. The maximum Gasteiger partial charge on any atom is 0.252 e. The van der Waals surface area contributed by atoms with Gasteiger partial charge in [-0.3, -0.25) is 14.6 Å². The number of nitrogens with one attached hydrogen (secondary N) is 1. The van der Waals surface area contributed by atoms with E-state index in [9.17, 15) is 4.79 Å². The summed E-state index contributed by atoms with van der Waals surface area (Å²) >= 11 is 0. The van der Waals surface area contributed by atoms with Gasteiger partial charge in [-0.1, -0.05) is 31.4 Å². The van der Waals surface area contributed by atoms with Gasteiger partial charge in [0.1, 0.15) is 0 Å². The second-order valence-electron chi connectivity index (χ2n) is 9.98. The molecule has 0 spiro atoms. The van der Waals surface area contributed by atoms with Crippen LogP contribution in [0.2, 0.25) is 0 Å². The smallest absolute Gasteiger partial charge is 0.252 e. The van der Waals surface area contributed by atoms with Crippen LogP contribution in [0.5, 0.6) is 0 Å². The van der Waals surface area contributed by atoms with Crippen LogP contribution in [0.4, 0.5) is 0 Å². The monoisotopic (exact) mass is 479 g/mol. The number of nitrogens with zero attached hydrogens (tertiary/aromatic N) is 6. The van der Waals surface area contributed by atoms with Crippen molar-refractivity contribution in [1.82, 2.24) is 35.0 Å². The van der Waals surface area contributed by atoms with Crippen LogP contribution < -0.4 is 5.56 Å². The fourth-order valence-electron chi connectivity index (χ4n) is 5.58. The molecule has 2 aromatic heterocycles. The van der Waals surface area contributed by atoms with E-state index < -0.39 is 0 Å². The van der Waals surface area contributed by atoms with E-state index in [0.29, 0.717) is 12.6 Å². The van der Waals surface area contributed by atoms with Crippen molar-refractivity contribution < 1.29 is 4.74 Å². The number of benzene rings is 1. The molecule has 0 radical (unpaired) electrons. The van der Waals surface area contributed by atoms with E-state index in [1.807, 2.05) is 12.1 Å². The fourth-order valence-corrected chi connectivity index (χ4v) is 5.58. The quantitative estimate of drug-likeness (QED) is 0.504. The zero-order valence-electron chi connectivity index (χ0n) is 20.9. The predicted octanol–water partition coefficient (Wildman–Crippen LogP) is 3.22. The van der Waals surface area contributed by atoms with E-state index in [-0.39, 0.29) is 11.6 Å². The molecule has 1 aromatic carbocycles. The number of hydrogen-bond donors (Lipinski definition) is 1. The summed E-state index contributed by atoms with van der Waals surface area (Å²) in [6.07, 6.45) is 5.60. The highest BCUT2D eigenvalue weighted by atomic mass is 16.5. The molecule has 1 atom stereocenters. The van der Waals surface area contributed by atoms with Crippen molar-refractivity contribution >= 4 is 10.9 Å². The minimum Gasteiger partial charge on any atom is -0.379 e. The largest absolute Gasteiger partial charge is 0.379 e. The highest BCUT2D eigenvalue weighted by Crippen LogP contribution is 2.33. The van der Waals surface area contributed by atoms with Crippen molar-refractivity contribution in [1.29, 1.82) is 0 Å². The first kappa shape index (κ1) is 24.1. The first-order valence-corrected chi connectivity index (χ1v) is 13.1. The van der Waals surface area contributed by atoms with Crippen molar-refractivity contribution in [2.24, 2.45) is 0 Å². The number of H-pyrrole nitrogens is 1. The van der Waals surface area contributed by atoms with Crippen LogP contribution in [-0.4, -0.2) is 74.4 Å². The van der Waals surface area contributed by atoms with E-state index in [1.165, 1.54) is 18.4 Å². The molecule has 2 fully saturated rings. The zero-order valence-corrected chi connectivity index (χ0v) is 20.9. The summed E-state index contributed by atoms with van der Waals surface area (Å²) in [5.41, 5.74) is 2.81. The lowest BCUT2D eigenvalue weighted by molar-refractivity contribution is 0.0291. The van der Waals surface area contributed by atoms with Crippen LogP contribution >= 0.6 is 0 Å². The van der Waals surface area contributed by atoms with E-state index >= 15 is 0 Å². The summed E-state index contributed by atoms with van der Waals surface area (Å²) in [7, 11) is 0. The number of aryl methyl sites for hydroxylation is 1. The Morgan fingerprint density at radius 2 is 2.00 bits per heavy atom. The molecule has 5 rings (SSSR count). The third kappa shape index (κ3) is 5.47. The lowest BCUT2D eigenvalue weighted by Crippen LogP contribution is -2.43. The second-order valence-corrected chi connectivity index (χ2v) is 9.98. The number of rotatable bonds is 9. The zero-order chi connectivity index (χ0) is 24.2. The fraction of sp³-hybridized carbons (Fsp3) is 0.615. The van der Waals surface area contributed by atoms with Gasteiger partial charge in [-0.25, -0.2) is 4.68 Å². The normalized spacial score (nSPS) is 18.6. The standard InChI is InChI=1S/C26H37N7O2/c1-3-24(25-28-29-30-33(25)22-6-4-5-7-22)32(11-10-31-12-14-35-15-13-31)18-21-17-20-16-19(2)8-9-23(20)27-26(21)34/h8-9,16-17,22,24H,3-7,10-15,18H2,1-2H3,(H,27,34)/t24-/m0/s1. The minimum atomic E-state index is -0.0250. The third-order valence-corrected chi connectivity index (χ3v) is 7.57. The summed E-state index contributed by atoms with van der Waals surface area (Å²) in [6.45, 7) is 10.0. The van der Waals surface area contributed by atoms with E-state index in [2.05, 4.69) is 61.0 Å².